The van der Waals surface area contributed by atoms with Crippen molar-refractivity contribution in [2.45, 2.75) is 85.1 Å². The largest absolute Gasteiger partial charge is 0.314 e. The van der Waals surface area contributed by atoms with Crippen molar-refractivity contribution in [2.24, 2.45) is 23.2 Å². The fourth-order valence-electron chi connectivity index (χ4n) is 4.22. The van der Waals surface area contributed by atoms with Crippen LogP contribution in [0.1, 0.15) is 79.1 Å². The fraction of sp³-hybridized carbons (Fsp3) is 1.00. The summed E-state index contributed by atoms with van der Waals surface area (Å²) in [6, 6.07) is 0.809. The van der Waals surface area contributed by atoms with Crippen molar-refractivity contribution in [1.82, 2.24) is 5.32 Å². The van der Waals surface area contributed by atoms with Crippen molar-refractivity contribution < 1.29 is 0 Å². The standard InChI is InChI=1S/C18H35N/c1-14-8-9-15(12-14)13-19-17-7-5-6-16(10-11-17)18(2,3)4/h14-17,19H,5-13H2,1-4H3. The monoisotopic (exact) mass is 265 g/mol. The van der Waals surface area contributed by atoms with Gasteiger partial charge in [0.05, 0.1) is 0 Å². The van der Waals surface area contributed by atoms with Gasteiger partial charge in [-0.1, -0.05) is 40.5 Å². The van der Waals surface area contributed by atoms with Crippen molar-refractivity contribution in [3.63, 3.8) is 0 Å². The molecule has 0 bridgehead atoms. The Hall–Kier alpha value is -0.0400. The number of hydrogen-bond donors (Lipinski definition) is 1. The molecule has 0 aliphatic heterocycles. The van der Waals surface area contributed by atoms with E-state index in [-0.39, 0.29) is 0 Å². The van der Waals surface area contributed by atoms with Gasteiger partial charge in [-0.15, -0.1) is 0 Å². The third-order valence-electron chi connectivity index (χ3n) is 5.69. The van der Waals surface area contributed by atoms with Gasteiger partial charge in [0.2, 0.25) is 0 Å². The highest BCUT2D eigenvalue weighted by atomic mass is 14.9. The Morgan fingerprint density at radius 2 is 1.74 bits per heavy atom. The quantitative estimate of drug-likeness (QED) is 0.708. The van der Waals surface area contributed by atoms with E-state index < -0.39 is 0 Å². The molecule has 0 saturated heterocycles. The first-order valence-corrected chi connectivity index (χ1v) is 8.68. The minimum absolute atomic E-state index is 0.510. The van der Waals surface area contributed by atoms with Crippen LogP contribution in [0.4, 0.5) is 0 Å². The topological polar surface area (TPSA) is 12.0 Å². The molecule has 112 valence electrons. The number of nitrogens with one attached hydrogen (secondary N) is 1. The summed E-state index contributed by atoms with van der Waals surface area (Å²) in [6.45, 7) is 11.0. The second kappa shape index (κ2) is 6.61. The van der Waals surface area contributed by atoms with Crippen LogP contribution in [0, 0.1) is 23.2 Å². The van der Waals surface area contributed by atoms with E-state index in [1.54, 1.807) is 0 Å². The Kier molecular flexibility index (Phi) is 5.34. The predicted molar refractivity (Wildman–Crippen MR) is 84.3 cm³/mol. The van der Waals surface area contributed by atoms with Crippen LogP contribution in [0.15, 0.2) is 0 Å². The SMILES string of the molecule is CC1CCC(CNC2CCCC(C(C)(C)C)CC2)C1. The molecule has 0 aromatic carbocycles. The third kappa shape index (κ3) is 4.77. The Labute approximate surface area is 120 Å². The predicted octanol–water partition coefficient (Wildman–Crippen LogP) is 5.01. The van der Waals surface area contributed by atoms with Crippen molar-refractivity contribution in [3.05, 3.63) is 0 Å². The molecular formula is C18H35N. The first-order chi connectivity index (χ1) is 8.95. The second-order valence-corrected chi connectivity index (χ2v) is 8.46. The van der Waals surface area contributed by atoms with Gasteiger partial charge in [0.15, 0.2) is 0 Å². The zero-order valence-electron chi connectivity index (χ0n) is 13.7. The lowest BCUT2D eigenvalue weighted by atomic mass is 9.76. The van der Waals surface area contributed by atoms with Gasteiger partial charge in [-0.2, -0.15) is 0 Å². The van der Waals surface area contributed by atoms with Crippen LogP contribution in [0.2, 0.25) is 0 Å². The molecule has 19 heavy (non-hydrogen) atoms. The maximum absolute atomic E-state index is 3.90. The molecular weight excluding hydrogens is 230 g/mol. The second-order valence-electron chi connectivity index (χ2n) is 8.46. The van der Waals surface area contributed by atoms with E-state index in [4.69, 9.17) is 0 Å². The van der Waals surface area contributed by atoms with Gasteiger partial charge in [-0.05, 0) is 68.2 Å². The zero-order chi connectivity index (χ0) is 13.9. The van der Waals surface area contributed by atoms with E-state index in [9.17, 15) is 0 Å². The molecule has 0 aromatic rings. The van der Waals surface area contributed by atoms with Crippen LogP contribution < -0.4 is 5.32 Å². The average molecular weight is 265 g/mol. The summed E-state index contributed by atoms with van der Waals surface area (Å²) in [7, 11) is 0. The molecule has 0 aromatic heterocycles. The summed E-state index contributed by atoms with van der Waals surface area (Å²) in [5.74, 6) is 2.88. The molecule has 1 heteroatoms. The lowest BCUT2D eigenvalue weighted by molar-refractivity contribution is 0.213. The normalized spacial score (nSPS) is 37.3. The number of hydrogen-bond acceptors (Lipinski definition) is 1. The summed E-state index contributed by atoms with van der Waals surface area (Å²) >= 11 is 0. The smallest absolute Gasteiger partial charge is 0.00672 e. The van der Waals surface area contributed by atoms with E-state index in [0.717, 1.165) is 23.8 Å². The molecule has 2 aliphatic carbocycles. The molecule has 2 rings (SSSR count). The van der Waals surface area contributed by atoms with Gasteiger partial charge in [-0.25, -0.2) is 0 Å². The van der Waals surface area contributed by atoms with E-state index in [2.05, 4.69) is 33.0 Å². The summed E-state index contributed by atoms with van der Waals surface area (Å²) in [5, 5.41) is 3.90. The molecule has 1 N–H and O–H groups in total. The van der Waals surface area contributed by atoms with Crippen molar-refractivity contribution in [3.8, 4) is 0 Å². The minimum Gasteiger partial charge on any atom is -0.314 e. The van der Waals surface area contributed by atoms with E-state index in [0.29, 0.717) is 5.41 Å². The molecule has 0 spiro atoms. The zero-order valence-corrected chi connectivity index (χ0v) is 13.7. The van der Waals surface area contributed by atoms with Crippen LogP contribution in [-0.4, -0.2) is 12.6 Å². The van der Waals surface area contributed by atoms with Gasteiger partial charge < -0.3 is 5.32 Å². The Morgan fingerprint density at radius 3 is 2.37 bits per heavy atom. The van der Waals surface area contributed by atoms with Crippen molar-refractivity contribution in [1.29, 1.82) is 0 Å². The summed E-state index contributed by atoms with van der Waals surface area (Å²) in [5.41, 5.74) is 0.510. The van der Waals surface area contributed by atoms with Crippen LogP contribution in [0.25, 0.3) is 0 Å². The number of rotatable bonds is 3. The van der Waals surface area contributed by atoms with E-state index in [1.807, 2.05) is 0 Å². The molecule has 2 saturated carbocycles. The lowest BCUT2D eigenvalue weighted by Gasteiger charge is -2.29. The molecule has 0 heterocycles. The summed E-state index contributed by atoms with van der Waals surface area (Å²) < 4.78 is 0. The summed E-state index contributed by atoms with van der Waals surface area (Å²) in [6.07, 6.45) is 11.5. The van der Waals surface area contributed by atoms with Gasteiger partial charge in [0, 0.05) is 6.04 Å². The highest BCUT2D eigenvalue weighted by Crippen LogP contribution is 2.37. The van der Waals surface area contributed by atoms with Crippen molar-refractivity contribution >= 4 is 0 Å². The Bertz CT molecular complexity index is 265. The Balaban J connectivity index is 1.71. The average Bonchev–Trinajstić information content (AvgIpc) is 2.61. The molecule has 2 fully saturated rings. The highest BCUT2D eigenvalue weighted by Gasteiger charge is 2.28. The van der Waals surface area contributed by atoms with Crippen LogP contribution in [0.5, 0.6) is 0 Å². The molecule has 1 nitrogen and oxygen atoms in total. The van der Waals surface area contributed by atoms with Gasteiger partial charge in [0.1, 0.15) is 0 Å². The molecule has 4 atom stereocenters. The fourth-order valence-corrected chi connectivity index (χ4v) is 4.22. The first kappa shape index (κ1) is 15.4. The van der Waals surface area contributed by atoms with Gasteiger partial charge in [0.25, 0.3) is 0 Å². The molecule has 0 radical (unpaired) electrons. The highest BCUT2D eigenvalue weighted by molar-refractivity contribution is 4.82. The maximum atomic E-state index is 3.90. The molecule has 4 unspecified atom stereocenters. The van der Waals surface area contributed by atoms with Gasteiger partial charge in [-0.3, -0.25) is 0 Å². The third-order valence-corrected chi connectivity index (χ3v) is 5.69. The van der Waals surface area contributed by atoms with Crippen LogP contribution in [0.3, 0.4) is 0 Å². The van der Waals surface area contributed by atoms with E-state index in [1.165, 1.54) is 57.9 Å². The van der Waals surface area contributed by atoms with Crippen LogP contribution in [-0.2, 0) is 0 Å². The Morgan fingerprint density at radius 1 is 0.947 bits per heavy atom. The lowest BCUT2D eigenvalue weighted by Crippen LogP contribution is -2.32. The van der Waals surface area contributed by atoms with E-state index >= 15 is 0 Å². The van der Waals surface area contributed by atoms with Crippen molar-refractivity contribution in [2.75, 3.05) is 6.54 Å². The summed E-state index contributed by atoms with van der Waals surface area (Å²) in [4.78, 5) is 0. The maximum Gasteiger partial charge on any atom is 0.00672 e. The minimum atomic E-state index is 0.510. The molecule has 0 amide bonds. The molecule has 2 aliphatic rings. The van der Waals surface area contributed by atoms with Gasteiger partial charge >= 0.3 is 0 Å². The first-order valence-electron chi connectivity index (χ1n) is 8.68. The van der Waals surface area contributed by atoms with Crippen LogP contribution >= 0.6 is 0 Å².